The minimum atomic E-state index is -0.497. The maximum atomic E-state index is 10.8. The summed E-state index contributed by atoms with van der Waals surface area (Å²) in [7, 11) is 0. The summed E-state index contributed by atoms with van der Waals surface area (Å²) in [5, 5.41) is 9.49. The Kier molecular flexibility index (Phi) is 2.91. The number of nitrogen functional groups attached to an aromatic ring is 1. The monoisotopic (exact) mass is 232 g/mol. The van der Waals surface area contributed by atoms with Gasteiger partial charge in [0.25, 0.3) is 0 Å². The zero-order chi connectivity index (χ0) is 12.3. The number of aromatic amines is 1. The summed E-state index contributed by atoms with van der Waals surface area (Å²) in [6.07, 6.45) is 3.06. The second kappa shape index (κ2) is 4.52. The predicted molar refractivity (Wildman–Crippen MR) is 63.1 cm³/mol. The number of nitrogens with zero attached hydrogens (tertiary/aromatic N) is 2. The highest BCUT2D eigenvalue weighted by Gasteiger charge is 2.03. The zero-order valence-corrected chi connectivity index (χ0v) is 8.97. The fourth-order valence-corrected chi connectivity index (χ4v) is 1.29. The number of rotatable bonds is 4. The Hall–Kier alpha value is -2.57. The third kappa shape index (κ3) is 2.51. The highest BCUT2D eigenvalue weighted by atomic mass is 16.1. The van der Waals surface area contributed by atoms with Crippen molar-refractivity contribution in [2.75, 3.05) is 11.1 Å². The molecule has 2 aromatic rings. The second-order valence-electron chi connectivity index (χ2n) is 3.46. The molecular formula is C10H12N6O. The Morgan fingerprint density at radius 3 is 2.76 bits per heavy atom. The van der Waals surface area contributed by atoms with Gasteiger partial charge in [0, 0.05) is 18.3 Å². The molecule has 0 aliphatic rings. The number of primary amides is 1. The van der Waals surface area contributed by atoms with Gasteiger partial charge in [-0.1, -0.05) is 0 Å². The van der Waals surface area contributed by atoms with Gasteiger partial charge in [0.15, 0.2) is 0 Å². The van der Waals surface area contributed by atoms with Crippen LogP contribution in [0.25, 0.3) is 0 Å². The minimum absolute atomic E-state index is 0.373. The minimum Gasteiger partial charge on any atom is -0.384 e. The van der Waals surface area contributed by atoms with Crippen LogP contribution in [0.3, 0.4) is 0 Å². The third-order valence-electron chi connectivity index (χ3n) is 2.26. The number of carbonyl (C=O) groups excluding carboxylic acids is 1. The van der Waals surface area contributed by atoms with Crippen molar-refractivity contribution >= 4 is 17.5 Å². The molecule has 7 nitrogen and oxygen atoms in total. The Balaban J connectivity index is 2.00. The summed E-state index contributed by atoms with van der Waals surface area (Å²) in [6, 6.07) is 3.28. The molecule has 2 rings (SSSR count). The van der Waals surface area contributed by atoms with E-state index in [1.807, 2.05) is 0 Å². The quantitative estimate of drug-likeness (QED) is 0.595. The smallest absolute Gasteiger partial charge is 0.250 e. The molecule has 6 N–H and O–H groups in total. The van der Waals surface area contributed by atoms with E-state index >= 15 is 0 Å². The summed E-state index contributed by atoms with van der Waals surface area (Å²) in [4.78, 5) is 14.9. The highest BCUT2D eigenvalue weighted by Crippen LogP contribution is 2.10. The Labute approximate surface area is 97.2 Å². The van der Waals surface area contributed by atoms with E-state index < -0.39 is 5.91 Å². The van der Waals surface area contributed by atoms with Gasteiger partial charge in [-0.2, -0.15) is 5.10 Å². The summed E-state index contributed by atoms with van der Waals surface area (Å²) >= 11 is 0. The van der Waals surface area contributed by atoms with E-state index in [0.29, 0.717) is 23.7 Å². The van der Waals surface area contributed by atoms with Gasteiger partial charge in [-0.3, -0.25) is 9.89 Å². The van der Waals surface area contributed by atoms with E-state index in [9.17, 15) is 4.79 Å². The maximum absolute atomic E-state index is 10.8. The Bertz CT molecular complexity index is 518. The molecular weight excluding hydrogens is 220 g/mol. The van der Waals surface area contributed by atoms with Crippen LogP contribution in [-0.4, -0.2) is 21.1 Å². The molecule has 0 bridgehead atoms. The molecule has 2 heterocycles. The van der Waals surface area contributed by atoms with Crippen molar-refractivity contribution in [3.63, 3.8) is 0 Å². The standard InChI is InChI=1S/C10H12N6O/c11-9-7(5-15-16-9)4-14-8-2-1-6(3-13-8)10(12)17/h1-3,5H,4H2,(H2,12,17)(H,13,14)(H3,11,15,16). The van der Waals surface area contributed by atoms with Gasteiger partial charge in [0.2, 0.25) is 5.91 Å². The van der Waals surface area contributed by atoms with Gasteiger partial charge in [0.1, 0.15) is 11.6 Å². The molecule has 0 fully saturated rings. The number of pyridine rings is 1. The first-order chi connectivity index (χ1) is 8.16. The van der Waals surface area contributed by atoms with Crippen molar-refractivity contribution in [3.05, 3.63) is 35.7 Å². The van der Waals surface area contributed by atoms with Gasteiger partial charge >= 0.3 is 0 Å². The number of anilines is 2. The number of H-pyrrole nitrogens is 1. The lowest BCUT2D eigenvalue weighted by Gasteiger charge is -2.04. The lowest BCUT2D eigenvalue weighted by atomic mass is 10.2. The van der Waals surface area contributed by atoms with Gasteiger partial charge in [0.05, 0.1) is 11.8 Å². The van der Waals surface area contributed by atoms with Crippen LogP contribution < -0.4 is 16.8 Å². The topological polar surface area (TPSA) is 123 Å². The van der Waals surface area contributed by atoms with Crippen molar-refractivity contribution in [1.29, 1.82) is 0 Å². The van der Waals surface area contributed by atoms with Crippen molar-refractivity contribution in [1.82, 2.24) is 15.2 Å². The average Bonchev–Trinajstić information content (AvgIpc) is 2.73. The van der Waals surface area contributed by atoms with Crippen LogP contribution in [0.15, 0.2) is 24.5 Å². The van der Waals surface area contributed by atoms with Crippen LogP contribution in [0, 0.1) is 0 Å². The summed E-state index contributed by atoms with van der Waals surface area (Å²) < 4.78 is 0. The van der Waals surface area contributed by atoms with E-state index in [2.05, 4.69) is 20.5 Å². The first-order valence-electron chi connectivity index (χ1n) is 4.94. The van der Waals surface area contributed by atoms with Gasteiger partial charge in [-0.05, 0) is 12.1 Å². The number of nitrogens with one attached hydrogen (secondary N) is 2. The van der Waals surface area contributed by atoms with E-state index in [1.54, 1.807) is 18.3 Å². The normalized spacial score (nSPS) is 10.1. The van der Waals surface area contributed by atoms with E-state index in [1.165, 1.54) is 6.20 Å². The molecule has 0 radical (unpaired) electrons. The fraction of sp³-hybridized carbons (Fsp3) is 0.100. The molecule has 2 aromatic heterocycles. The van der Waals surface area contributed by atoms with Crippen molar-refractivity contribution in [2.45, 2.75) is 6.54 Å². The molecule has 7 heteroatoms. The number of aromatic nitrogens is 3. The molecule has 0 aromatic carbocycles. The Morgan fingerprint density at radius 2 is 2.24 bits per heavy atom. The number of hydrogen-bond donors (Lipinski definition) is 4. The Morgan fingerprint density at radius 1 is 1.41 bits per heavy atom. The maximum Gasteiger partial charge on any atom is 0.250 e. The molecule has 1 amide bonds. The van der Waals surface area contributed by atoms with Crippen LogP contribution in [0.2, 0.25) is 0 Å². The third-order valence-corrected chi connectivity index (χ3v) is 2.26. The van der Waals surface area contributed by atoms with Crippen LogP contribution in [0.1, 0.15) is 15.9 Å². The van der Waals surface area contributed by atoms with Crippen molar-refractivity contribution in [3.8, 4) is 0 Å². The summed E-state index contributed by atoms with van der Waals surface area (Å²) in [5.41, 5.74) is 12.0. The first-order valence-corrected chi connectivity index (χ1v) is 4.94. The predicted octanol–water partition coefficient (Wildman–Crippen LogP) is 0.0979. The van der Waals surface area contributed by atoms with Crippen LogP contribution >= 0.6 is 0 Å². The van der Waals surface area contributed by atoms with Crippen molar-refractivity contribution in [2.24, 2.45) is 5.73 Å². The van der Waals surface area contributed by atoms with Gasteiger partial charge in [-0.15, -0.1) is 0 Å². The lowest BCUT2D eigenvalue weighted by Crippen LogP contribution is -2.11. The van der Waals surface area contributed by atoms with Crippen LogP contribution in [0.5, 0.6) is 0 Å². The van der Waals surface area contributed by atoms with E-state index in [0.717, 1.165) is 5.56 Å². The zero-order valence-electron chi connectivity index (χ0n) is 8.97. The molecule has 0 saturated carbocycles. The summed E-state index contributed by atoms with van der Waals surface area (Å²) in [5.74, 6) is 0.657. The van der Waals surface area contributed by atoms with Gasteiger partial charge in [-0.25, -0.2) is 4.98 Å². The van der Waals surface area contributed by atoms with E-state index in [-0.39, 0.29) is 0 Å². The van der Waals surface area contributed by atoms with E-state index in [4.69, 9.17) is 11.5 Å². The molecule has 88 valence electrons. The molecule has 0 spiro atoms. The van der Waals surface area contributed by atoms with Crippen LogP contribution in [-0.2, 0) is 6.54 Å². The number of hydrogen-bond acceptors (Lipinski definition) is 5. The average molecular weight is 232 g/mol. The number of nitrogens with two attached hydrogens (primary N) is 2. The summed E-state index contributed by atoms with van der Waals surface area (Å²) in [6.45, 7) is 0.505. The second-order valence-corrected chi connectivity index (χ2v) is 3.46. The largest absolute Gasteiger partial charge is 0.384 e. The molecule has 0 aliphatic carbocycles. The number of carbonyl (C=O) groups is 1. The van der Waals surface area contributed by atoms with Gasteiger partial charge < -0.3 is 16.8 Å². The SMILES string of the molecule is NC(=O)c1ccc(NCc2cn[nH]c2N)nc1. The molecule has 17 heavy (non-hydrogen) atoms. The first kappa shape index (κ1) is 10.9. The lowest BCUT2D eigenvalue weighted by molar-refractivity contribution is 0.1000. The molecule has 0 saturated heterocycles. The highest BCUT2D eigenvalue weighted by molar-refractivity contribution is 5.92. The fourth-order valence-electron chi connectivity index (χ4n) is 1.29. The molecule has 0 atom stereocenters. The number of amides is 1. The molecule has 0 aliphatic heterocycles. The molecule has 0 unspecified atom stereocenters. The van der Waals surface area contributed by atoms with Crippen molar-refractivity contribution < 1.29 is 4.79 Å². The van der Waals surface area contributed by atoms with Crippen LogP contribution in [0.4, 0.5) is 11.6 Å².